The van der Waals surface area contributed by atoms with E-state index in [0.717, 1.165) is 29.7 Å². The van der Waals surface area contributed by atoms with Crippen molar-refractivity contribution < 1.29 is 28.9 Å². The third-order valence-electron chi connectivity index (χ3n) is 7.86. The second-order valence-electron chi connectivity index (χ2n) is 11.2. The molecule has 2 atom stereocenters. The van der Waals surface area contributed by atoms with Crippen molar-refractivity contribution in [1.82, 2.24) is 10.2 Å². The number of benzene rings is 3. The number of aliphatic hydroxyl groups is 1. The summed E-state index contributed by atoms with van der Waals surface area (Å²) in [7, 11) is 0. The summed E-state index contributed by atoms with van der Waals surface area (Å²) in [5.41, 5.74) is 2.78. The molecule has 6 rings (SSSR count). The number of aliphatic hydroxyl groups excluding tert-OH is 1. The average molecular weight is 692 g/mol. The van der Waals surface area contributed by atoms with E-state index in [1.807, 2.05) is 44.2 Å². The predicted octanol–water partition coefficient (Wildman–Crippen LogP) is 8.01. The van der Waals surface area contributed by atoms with E-state index in [4.69, 9.17) is 25.8 Å². The number of unbranched alkanes of at least 4 members (excludes halogenated alkanes) is 1. The van der Waals surface area contributed by atoms with Crippen LogP contribution in [0, 0.1) is 0 Å². The number of Topliss-reactive ketones (excluding diaryl/α,β-unsaturated/α-hetero) is 1. The molecule has 4 aromatic rings. The summed E-state index contributed by atoms with van der Waals surface area (Å²) >= 11 is 8.97. The van der Waals surface area contributed by atoms with Gasteiger partial charge in [-0.15, -0.1) is 10.2 Å². The van der Waals surface area contributed by atoms with Crippen LogP contribution in [0.25, 0.3) is 5.76 Å². The minimum Gasteiger partial charge on any atom is -0.507 e. The molecule has 2 aliphatic heterocycles. The highest BCUT2D eigenvalue weighted by Gasteiger charge is 2.48. The van der Waals surface area contributed by atoms with Crippen LogP contribution in [0.15, 0.2) is 70.6 Å². The lowest BCUT2D eigenvalue weighted by Gasteiger charge is -2.23. The second kappa shape index (κ2) is 14.4. The molecule has 0 bridgehead atoms. The SMILES string of the molecule is CCCCOc1ccc([C@H]2C(=C(O)c3ccc4c(c3)C[C@@H](C)O4)C(=O)C(=O)N2c2nnc(SCc3ccccc3Cl)s2)cc1OCC. The van der Waals surface area contributed by atoms with Crippen LogP contribution in [0.4, 0.5) is 5.13 Å². The van der Waals surface area contributed by atoms with Gasteiger partial charge in [0, 0.05) is 22.8 Å². The molecule has 1 fully saturated rings. The highest BCUT2D eigenvalue weighted by Crippen LogP contribution is 2.46. The maximum absolute atomic E-state index is 13.8. The van der Waals surface area contributed by atoms with Gasteiger partial charge in [-0.3, -0.25) is 14.5 Å². The number of rotatable bonds is 12. The zero-order valence-corrected chi connectivity index (χ0v) is 28.6. The van der Waals surface area contributed by atoms with Crippen LogP contribution in [0.3, 0.4) is 0 Å². The minimum absolute atomic E-state index is 0.00501. The van der Waals surface area contributed by atoms with E-state index in [9.17, 15) is 14.7 Å². The molecule has 0 radical (unpaired) electrons. The van der Waals surface area contributed by atoms with Crippen molar-refractivity contribution in [2.45, 2.75) is 62.3 Å². The summed E-state index contributed by atoms with van der Waals surface area (Å²) in [4.78, 5) is 29.0. The van der Waals surface area contributed by atoms with Gasteiger partial charge in [-0.2, -0.15) is 0 Å². The van der Waals surface area contributed by atoms with Gasteiger partial charge in [0.25, 0.3) is 5.78 Å². The van der Waals surface area contributed by atoms with Crippen LogP contribution in [0.5, 0.6) is 17.2 Å². The fourth-order valence-electron chi connectivity index (χ4n) is 5.59. The first-order valence-electron chi connectivity index (χ1n) is 15.5. The lowest BCUT2D eigenvalue weighted by molar-refractivity contribution is -0.132. The van der Waals surface area contributed by atoms with Gasteiger partial charge in [0.05, 0.1) is 24.8 Å². The molecule has 9 nitrogen and oxygen atoms in total. The van der Waals surface area contributed by atoms with Crippen LogP contribution < -0.4 is 19.1 Å². The van der Waals surface area contributed by atoms with Crippen LogP contribution in [-0.2, 0) is 21.8 Å². The van der Waals surface area contributed by atoms with Gasteiger partial charge in [0.2, 0.25) is 5.13 Å². The summed E-state index contributed by atoms with van der Waals surface area (Å²) < 4.78 is 18.4. The summed E-state index contributed by atoms with van der Waals surface area (Å²) in [5.74, 6) is 0.411. The zero-order valence-electron chi connectivity index (χ0n) is 26.2. The first-order valence-corrected chi connectivity index (χ1v) is 17.7. The van der Waals surface area contributed by atoms with Crippen molar-refractivity contribution in [2.75, 3.05) is 18.1 Å². The highest BCUT2D eigenvalue weighted by atomic mass is 35.5. The highest BCUT2D eigenvalue weighted by molar-refractivity contribution is 8.00. The maximum Gasteiger partial charge on any atom is 0.301 e. The number of aromatic nitrogens is 2. The van der Waals surface area contributed by atoms with E-state index in [1.165, 1.54) is 28.0 Å². The van der Waals surface area contributed by atoms with Gasteiger partial charge >= 0.3 is 5.91 Å². The van der Waals surface area contributed by atoms with Crippen LogP contribution in [0.1, 0.15) is 61.9 Å². The molecule has 0 unspecified atom stereocenters. The molecule has 1 aromatic heterocycles. The first-order chi connectivity index (χ1) is 22.8. The van der Waals surface area contributed by atoms with Crippen molar-refractivity contribution in [3.05, 3.63) is 93.5 Å². The molecule has 12 heteroatoms. The molecule has 2 aliphatic rings. The maximum atomic E-state index is 13.8. The second-order valence-corrected chi connectivity index (χ2v) is 13.8. The Labute approximate surface area is 286 Å². The molecule has 1 saturated heterocycles. The molecule has 1 amide bonds. The Morgan fingerprint density at radius 3 is 2.70 bits per heavy atom. The molecule has 0 saturated carbocycles. The number of carbonyl (C=O) groups is 2. The van der Waals surface area contributed by atoms with Crippen LogP contribution in [0.2, 0.25) is 5.02 Å². The van der Waals surface area contributed by atoms with Gasteiger partial charge in [-0.05, 0) is 73.4 Å². The topological polar surface area (TPSA) is 111 Å². The Bertz CT molecular complexity index is 1840. The number of ether oxygens (including phenoxy) is 3. The van der Waals surface area contributed by atoms with Crippen molar-refractivity contribution in [1.29, 1.82) is 0 Å². The molecule has 3 heterocycles. The Morgan fingerprint density at radius 2 is 1.91 bits per heavy atom. The first kappa shape index (κ1) is 32.9. The van der Waals surface area contributed by atoms with Crippen molar-refractivity contribution in [3.63, 3.8) is 0 Å². The largest absolute Gasteiger partial charge is 0.507 e. The predicted molar refractivity (Wildman–Crippen MR) is 184 cm³/mol. The van der Waals surface area contributed by atoms with Gasteiger partial charge in [0.15, 0.2) is 15.8 Å². The number of hydrogen-bond donors (Lipinski definition) is 1. The molecule has 47 heavy (non-hydrogen) atoms. The summed E-state index contributed by atoms with van der Waals surface area (Å²) in [6.07, 6.45) is 2.53. The normalized spacial score (nSPS) is 18.3. The zero-order chi connectivity index (χ0) is 33.1. The number of nitrogens with zero attached hydrogens (tertiary/aromatic N) is 3. The number of fused-ring (bicyclic) bond motifs is 1. The lowest BCUT2D eigenvalue weighted by Crippen LogP contribution is -2.29. The van der Waals surface area contributed by atoms with Crippen LogP contribution in [-0.4, -0.2) is 46.3 Å². The number of thioether (sulfide) groups is 1. The Balaban J connectivity index is 1.42. The molecular weight excluding hydrogens is 658 g/mol. The molecular formula is C35H34ClN3O6S2. The van der Waals surface area contributed by atoms with E-state index in [2.05, 4.69) is 17.1 Å². The Morgan fingerprint density at radius 1 is 1.09 bits per heavy atom. The quantitative estimate of drug-likeness (QED) is 0.0394. The number of amides is 1. The molecule has 1 N–H and O–H groups in total. The lowest BCUT2D eigenvalue weighted by atomic mass is 9.94. The van der Waals surface area contributed by atoms with Gasteiger partial charge in [0.1, 0.15) is 17.6 Å². The third-order valence-corrected chi connectivity index (χ3v) is 10.3. The third kappa shape index (κ3) is 6.83. The van der Waals surface area contributed by atoms with Crippen LogP contribution >= 0.6 is 34.7 Å². The van der Waals surface area contributed by atoms with E-state index in [0.29, 0.717) is 57.4 Å². The minimum atomic E-state index is -1.00. The number of ketones is 1. The number of anilines is 1. The average Bonchev–Trinajstić information content (AvgIpc) is 3.76. The summed E-state index contributed by atoms with van der Waals surface area (Å²) in [6, 6.07) is 17.1. The van der Waals surface area contributed by atoms with Crippen molar-refractivity contribution in [2.24, 2.45) is 0 Å². The van der Waals surface area contributed by atoms with E-state index in [1.54, 1.807) is 30.3 Å². The fourth-order valence-corrected chi connectivity index (χ4v) is 7.75. The van der Waals surface area contributed by atoms with Gasteiger partial charge in [-0.1, -0.05) is 72.3 Å². The van der Waals surface area contributed by atoms with Gasteiger partial charge < -0.3 is 19.3 Å². The standard InChI is InChI=1S/C35H34ClN3O6S2/c1-4-6-15-44-27-14-11-21(18-28(27)43-5-2)30-29(31(40)22-12-13-26-24(17-22)16-20(3)45-26)32(41)33(42)39(30)34-37-38-35(47-34)46-19-23-9-7-8-10-25(23)36/h7-14,17-18,20,30,40H,4-6,15-16,19H2,1-3H3/t20-,30+/m1/s1. The smallest absolute Gasteiger partial charge is 0.301 e. The molecule has 3 aromatic carbocycles. The number of halogens is 1. The van der Waals surface area contributed by atoms with E-state index >= 15 is 0 Å². The van der Waals surface area contributed by atoms with Crippen molar-refractivity contribution >= 4 is 57.3 Å². The summed E-state index contributed by atoms with van der Waals surface area (Å²) in [6.45, 7) is 6.83. The Kier molecular flexibility index (Phi) is 10.0. The van der Waals surface area contributed by atoms with E-state index < -0.39 is 17.7 Å². The molecule has 244 valence electrons. The summed E-state index contributed by atoms with van der Waals surface area (Å²) in [5, 5.41) is 21.3. The molecule has 0 spiro atoms. The Hall–Kier alpha value is -4.06. The van der Waals surface area contributed by atoms with E-state index in [-0.39, 0.29) is 22.6 Å². The fraction of sp³-hybridized carbons (Fsp3) is 0.314. The molecule has 0 aliphatic carbocycles. The monoisotopic (exact) mass is 691 g/mol. The number of hydrogen-bond acceptors (Lipinski definition) is 10. The van der Waals surface area contributed by atoms with Gasteiger partial charge in [-0.25, -0.2) is 0 Å². The van der Waals surface area contributed by atoms with Crippen molar-refractivity contribution in [3.8, 4) is 17.2 Å². The number of carbonyl (C=O) groups excluding carboxylic acids is 2.